The number of rotatable bonds is 6. The molecule has 176 valence electrons. The van der Waals surface area contributed by atoms with E-state index >= 15 is 0 Å². The van der Waals surface area contributed by atoms with Crippen molar-refractivity contribution in [2.24, 2.45) is 0 Å². The van der Waals surface area contributed by atoms with Gasteiger partial charge in [-0.25, -0.2) is 14.5 Å². The summed E-state index contributed by atoms with van der Waals surface area (Å²) in [6.07, 6.45) is 0. The van der Waals surface area contributed by atoms with Gasteiger partial charge < -0.3 is 18.8 Å². The van der Waals surface area contributed by atoms with Crippen LogP contribution in [0, 0.1) is 6.92 Å². The minimum Gasteiger partial charge on any atom is -0.461 e. The molecular formula is C24H23IN4O4S. The van der Waals surface area contributed by atoms with Crippen molar-refractivity contribution in [2.45, 2.75) is 18.9 Å². The van der Waals surface area contributed by atoms with E-state index in [2.05, 4.69) is 26.1 Å². The summed E-state index contributed by atoms with van der Waals surface area (Å²) in [7, 11) is 1.49. The Labute approximate surface area is 213 Å². The van der Waals surface area contributed by atoms with E-state index in [-0.39, 0.29) is 6.61 Å². The molecule has 0 unspecified atom stereocenters. The van der Waals surface area contributed by atoms with Crippen LogP contribution in [0.3, 0.4) is 0 Å². The van der Waals surface area contributed by atoms with Crippen LogP contribution in [0.4, 0.5) is 5.69 Å². The fraction of sp³-hybridized carbons (Fsp3) is 0.292. The number of halogens is 1. The first-order valence-electron chi connectivity index (χ1n) is 11.0. The van der Waals surface area contributed by atoms with Crippen LogP contribution in [0.5, 0.6) is 0 Å². The van der Waals surface area contributed by atoms with Crippen LogP contribution in [0.15, 0.2) is 52.0 Å². The SMILES string of the molecule is CCOC(=O)c1cc(-c2cccc(C)c2)nn1-c1cc(N2CCOCC2)c2oc(SI)cc2n1. The molecule has 1 saturated heterocycles. The van der Waals surface area contributed by atoms with Gasteiger partial charge >= 0.3 is 5.97 Å². The molecule has 0 aliphatic carbocycles. The molecular weight excluding hydrogens is 567 g/mol. The number of carbonyl (C=O) groups is 1. The Kier molecular flexibility index (Phi) is 6.79. The molecule has 5 rings (SSSR count). The summed E-state index contributed by atoms with van der Waals surface area (Å²) in [5.41, 5.74) is 5.37. The van der Waals surface area contributed by atoms with Gasteiger partial charge in [0.1, 0.15) is 5.52 Å². The molecule has 1 aliphatic rings. The first kappa shape index (κ1) is 23.2. The van der Waals surface area contributed by atoms with Gasteiger partial charge in [-0.1, -0.05) is 23.8 Å². The molecule has 0 N–H and O–H groups in total. The molecule has 0 spiro atoms. The zero-order chi connectivity index (χ0) is 23.7. The van der Waals surface area contributed by atoms with Crippen molar-refractivity contribution in [1.82, 2.24) is 14.8 Å². The summed E-state index contributed by atoms with van der Waals surface area (Å²) in [5.74, 6) is 0.0844. The number of ether oxygens (including phenoxy) is 2. The van der Waals surface area contributed by atoms with Gasteiger partial charge in [0.25, 0.3) is 0 Å². The molecule has 1 aliphatic heterocycles. The largest absolute Gasteiger partial charge is 0.461 e. The normalized spacial score (nSPS) is 14.0. The first-order valence-corrected chi connectivity index (χ1v) is 14.3. The number of aryl methyl sites for hydroxylation is 1. The Morgan fingerprint density at radius 2 is 2.03 bits per heavy atom. The number of morpholine rings is 1. The zero-order valence-electron chi connectivity index (χ0n) is 18.8. The van der Waals surface area contributed by atoms with E-state index < -0.39 is 5.97 Å². The monoisotopic (exact) mass is 590 g/mol. The van der Waals surface area contributed by atoms with E-state index in [1.807, 2.05) is 43.3 Å². The fourth-order valence-electron chi connectivity index (χ4n) is 4.01. The smallest absolute Gasteiger partial charge is 0.357 e. The van der Waals surface area contributed by atoms with E-state index in [1.165, 1.54) is 8.93 Å². The Morgan fingerprint density at radius 3 is 2.76 bits per heavy atom. The Hall–Kier alpha value is -2.57. The van der Waals surface area contributed by atoms with Crippen LogP contribution < -0.4 is 4.90 Å². The van der Waals surface area contributed by atoms with Crippen molar-refractivity contribution in [3.05, 3.63) is 53.7 Å². The highest BCUT2D eigenvalue weighted by Crippen LogP contribution is 2.37. The topological polar surface area (TPSA) is 82.6 Å². The number of anilines is 1. The number of carbonyl (C=O) groups excluding carboxylic acids is 1. The highest BCUT2D eigenvalue weighted by atomic mass is 127. The van der Waals surface area contributed by atoms with Gasteiger partial charge in [0.2, 0.25) is 0 Å². The Bertz CT molecular complexity index is 1350. The maximum atomic E-state index is 12.9. The second-order valence-electron chi connectivity index (χ2n) is 7.87. The van der Waals surface area contributed by atoms with Crippen molar-refractivity contribution in [3.8, 4) is 17.1 Å². The number of furan rings is 1. The molecule has 34 heavy (non-hydrogen) atoms. The van der Waals surface area contributed by atoms with Crippen molar-refractivity contribution < 1.29 is 18.7 Å². The average Bonchev–Trinajstić information content (AvgIpc) is 3.49. The van der Waals surface area contributed by atoms with Gasteiger partial charge in [0.05, 0.1) is 31.2 Å². The lowest BCUT2D eigenvalue weighted by Crippen LogP contribution is -2.36. The second kappa shape index (κ2) is 9.96. The van der Waals surface area contributed by atoms with Crippen molar-refractivity contribution in [1.29, 1.82) is 0 Å². The minimum absolute atomic E-state index is 0.271. The number of hydrogen-bond donors (Lipinski definition) is 0. The van der Waals surface area contributed by atoms with E-state index in [0.717, 1.165) is 35.0 Å². The number of benzene rings is 1. The van der Waals surface area contributed by atoms with Crippen LogP contribution in [-0.2, 0) is 9.47 Å². The number of aromatic nitrogens is 3. The molecule has 0 atom stereocenters. The number of fused-ring (bicyclic) bond motifs is 1. The highest BCUT2D eigenvalue weighted by molar-refractivity contribution is 14.2. The summed E-state index contributed by atoms with van der Waals surface area (Å²) in [4.78, 5) is 19.9. The van der Waals surface area contributed by atoms with E-state index in [1.54, 1.807) is 17.7 Å². The van der Waals surface area contributed by atoms with E-state index in [0.29, 0.717) is 41.5 Å². The summed E-state index contributed by atoms with van der Waals surface area (Å²) in [5, 5.41) is 5.55. The number of esters is 1. The van der Waals surface area contributed by atoms with E-state index in [4.69, 9.17) is 24.0 Å². The second-order valence-corrected chi connectivity index (χ2v) is 9.75. The summed E-state index contributed by atoms with van der Waals surface area (Å²) < 4.78 is 18.5. The quantitative estimate of drug-likeness (QED) is 0.217. The number of pyridine rings is 1. The third kappa shape index (κ3) is 4.53. The summed E-state index contributed by atoms with van der Waals surface area (Å²) in [6, 6.07) is 13.6. The molecule has 4 heterocycles. The van der Waals surface area contributed by atoms with Gasteiger partial charge in [-0.15, -0.1) is 0 Å². The summed E-state index contributed by atoms with van der Waals surface area (Å²) >= 11 is 2.19. The maximum Gasteiger partial charge on any atom is 0.357 e. The lowest BCUT2D eigenvalue weighted by Gasteiger charge is -2.29. The van der Waals surface area contributed by atoms with Crippen molar-refractivity contribution in [3.63, 3.8) is 0 Å². The molecule has 8 nitrogen and oxygen atoms in total. The molecule has 3 aromatic heterocycles. The predicted molar refractivity (Wildman–Crippen MR) is 140 cm³/mol. The van der Waals surface area contributed by atoms with Crippen LogP contribution in [0.2, 0.25) is 0 Å². The van der Waals surface area contributed by atoms with Gasteiger partial charge in [-0.05, 0) is 34.9 Å². The molecule has 1 fully saturated rings. The zero-order valence-corrected chi connectivity index (χ0v) is 21.8. The fourth-order valence-corrected chi connectivity index (χ4v) is 4.93. The molecule has 4 aromatic rings. The Morgan fingerprint density at radius 1 is 1.21 bits per heavy atom. The maximum absolute atomic E-state index is 12.9. The standard InChI is InChI=1S/C24H23IN4O4S/c1-3-32-24(30)20-12-17(16-6-4-5-15(2)11-16)27-29(20)21-14-19(28-7-9-31-10-8-28)23-18(26-21)13-22(33-23)34-25/h4-6,11-14H,3,7-10H2,1-2H3. The van der Waals surface area contributed by atoms with Crippen molar-refractivity contribution >= 4 is 52.9 Å². The molecule has 0 saturated carbocycles. The van der Waals surface area contributed by atoms with Crippen LogP contribution in [-0.4, -0.2) is 53.6 Å². The van der Waals surface area contributed by atoms with E-state index in [9.17, 15) is 4.79 Å². The molecule has 10 heteroatoms. The molecule has 0 bridgehead atoms. The highest BCUT2D eigenvalue weighted by Gasteiger charge is 2.24. The van der Waals surface area contributed by atoms with Crippen molar-refractivity contribution in [2.75, 3.05) is 37.8 Å². The third-order valence-electron chi connectivity index (χ3n) is 5.58. The lowest BCUT2D eigenvalue weighted by molar-refractivity contribution is 0.0515. The average molecular weight is 590 g/mol. The van der Waals surface area contributed by atoms with Crippen LogP contribution in [0.1, 0.15) is 23.0 Å². The Balaban J connectivity index is 1.69. The van der Waals surface area contributed by atoms with Crippen LogP contribution >= 0.6 is 30.1 Å². The van der Waals surface area contributed by atoms with Gasteiger partial charge in [-0.3, -0.25) is 0 Å². The molecule has 0 amide bonds. The van der Waals surface area contributed by atoms with Gasteiger partial charge in [0.15, 0.2) is 22.2 Å². The van der Waals surface area contributed by atoms with Crippen LogP contribution in [0.25, 0.3) is 28.2 Å². The predicted octanol–water partition coefficient (Wildman–Crippen LogP) is 5.44. The minimum atomic E-state index is -0.445. The first-order chi connectivity index (χ1) is 16.6. The number of nitrogens with zero attached hydrogens (tertiary/aromatic N) is 4. The van der Waals surface area contributed by atoms with Gasteiger partial charge in [-0.2, -0.15) is 5.10 Å². The third-order valence-corrected chi connectivity index (χ3v) is 7.23. The molecule has 0 radical (unpaired) electrons. The summed E-state index contributed by atoms with van der Waals surface area (Å²) in [6.45, 7) is 6.85. The molecule has 1 aromatic carbocycles. The lowest BCUT2D eigenvalue weighted by atomic mass is 10.1. The van der Waals surface area contributed by atoms with Gasteiger partial charge in [0, 0.05) is 52.0 Å². The number of hydrogen-bond acceptors (Lipinski definition) is 8.